The fraction of sp³-hybridized carbons (Fsp3) is 0.353. The van der Waals surface area contributed by atoms with Gasteiger partial charge in [-0.15, -0.1) is 5.10 Å². The number of para-hydroxylation sites is 1. The second-order valence-corrected chi connectivity index (χ2v) is 7.18. The van der Waals surface area contributed by atoms with Gasteiger partial charge in [-0.2, -0.15) is 9.78 Å². The van der Waals surface area contributed by atoms with Crippen molar-refractivity contribution in [2.45, 2.75) is 43.6 Å². The minimum atomic E-state index is -0.372. The first-order valence-electron chi connectivity index (χ1n) is 8.45. The number of hydrogen-bond donors (Lipinski definition) is 1. The van der Waals surface area contributed by atoms with Gasteiger partial charge in [0.25, 0.3) is 0 Å². The largest absolute Gasteiger partial charge is 0.310 e. The Balaban J connectivity index is 1.70. The van der Waals surface area contributed by atoms with Crippen LogP contribution in [0.25, 0.3) is 5.69 Å². The minimum Gasteiger partial charge on any atom is -0.310 e. The van der Waals surface area contributed by atoms with Gasteiger partial charge in [-0.05, 0) is 42.8 Å². The molecule has 0 aliphatic carbocycles. The molecule has 0 unspecified atom stereocenters. The highest BCUT2D eigenvalue weighted by Crippen LogP contribution is 2.24. The van der Waals surface area contributed by atoms with E-state index in [2.05, 4.69) is 39.8 Å². The van der Waals surface area contributed by atoms with Crippen LogP contribution in [-0.4, -0.2) is 41.1 Å². The number of carbonyl (C=O) groups is 1. The molecule has 2 heterocycles. The maximum absolute atomic E-state index is 12.6. The van der Waals surface area contributed by atoms with E-state index < -0.39 is 0 Å². The maximum atomic E-state index is 12.6. The van der Waals surface area contributed by atoms with Gasteiger partial charge in [-0.25, -0.2) is 4.68 Å². The van der Waals surface area contributed by atoms with Crippen LogP contribution in [0.5, 0.6) is 0 Å². The summed E-state index contributed by atoms with van der Waals surface area (Å²) in [5, 5.41) is 19.2. The maximum Gasteiger partial charge on any atom is 0.238 e. The monoisotopic (exact) mass is 371 g/mol. The van der Waals surface area contributed by atoms with Crippen LogP contribution in [0.15, 0.2) is 47.8 Å². The second kappa shape index (κ2) is 8.13. The number of carbonyl (C=O) groups excluding carboxylic acids is 1. The number of nitrogens with zero attached hydrogens (tertiary/aromatic N) is 6. The smallest absolute Gasteiger partial charge is 0.238 e. The van der Waals surface area contributed by atoms with E-state index >= 15 is 0 Å². The van der Waals surface area contributed by atoms with Gasteiger partial charge >= 0.3 is 0 Å². The van der Waals surface area contributed by atoms with E-state index in [1.54, 1.807) is 16.9 Å². The average Bonchev–Trinajstić information content (AvgIpc) is 3.31. The predicted octanol–water partition coefficient (Wildman–Crippen LogP) is 2.95. The summed E-state index contributed by atoms with van der Waals surface area (Å²) in [5.41, 5.74) is 0.849. The number of aromatic nitrogens is 6. The van der Waals surface area contributed by atoms with Crippen LogP contribution in [0.3, 0.4) is 0 Å². The third kappa shape index (κ3) is 3.93. The van der Waals surface area contributed by atoms with E-state index in [1.165, 1.54) is 11.8 Å². The summed E-state index contributed by atoms with van der Waals surface area (Å²) in [6.07, 6.45) is 2.62. The number of thioether (sulfide) groups is 1. The molecule has 9 heteroatoms. The molecule has 26 heavy (non-hydrogen) atoms. The normalized spacial score (nSPS) is 13.3. The lowest BCUT2D eigenvalue weighted by atomic mass is 10.3. The van der Waals surface area contributed by atoms with Gasteiger partial charge in [-0.1, -0.05) is 36.9 Å². The summed E-state index contributed by atoms with van der Waals surface area (Å²) >= 11 is 1.31. The highest BCUT2D eigenvalue weighted by molar-refractivity contribution is 8.00. The lowest BCUT2D eigenvalue weighted by molar-refractivity contribution is -0.115. The molecule has 0 aliphatic rings. The number of amides is 1. The van der Waals surface area contributed by atoms with E-state index in [9.17, 15) is 4.79 Å². The van der Waals surface area contributed by atoms with Crippen LogP contribution in [0.1, 0.15) is 33.2 Å². The molecule has 8 nitrogen and oxygen atoms in total. The van der Waals surface area contributed by atoms with E-state index in [-0.39, 0.29) is 17.2 Å². The lowest BCUT2D eigenvalue weighted by Gasteiger charge is -2.16. The van der Waals surface area contributed by atoms with E-state index in [0.29, 0.717) is 11.0 Å². The molecule has 3 rings (SSSR count). The first-order valence-corrected chi connectivity index (χ1v) is 9.33. The third-order valence-electron chi connectivity index (χ3n) is 4.02. The van der Waals surface area contributed by atoms with Gasteiger partial charge in [0.2, 0.25) is 11.1 Å². The van der Waals surface area contributed by atoms with Crippen molar-refractivity contribution in [2.75, 3.05) is 5.32 Å². The summed E-state index contributed by atoms with van der Waals surface area (Å²) in [6, 6.07) is 11.6. The zero-order chi connectivity index (χ0) is 18.5. The first kappa shape index (κ1) is 18.1. The molecule has 0 saturated heterocycles. The SMILES string of the molecule is CC[C@H](C)n1nccc1NC(=O)[C@H](C)Sc1nnnn1-c1ccccc1. The van der Waals surface area contributed by atoms with Crippen molar-refractivity contribution in [3.63, 3.8) is 0 Å². The van der Waals surface area contributed by atoms with Crippen molar-refractivity contribution in [1.82, 2.24) is 30.0 Å². The van der Waals surface area contributed by atoms with Crippen molar-refractivity contribution in [3.05, 3.63) is 42.6 Å². The highest BCUT2D eigenvalue weighted by atomic mass is 32.2. The number of anilines is 1. The van der Waals surface area contributed by atoms with Crippen molar-refractivity contribution in [1.29, 1.82) is 0 Å². The Hall–Kier alpha value is -2.68. The predicted molar refractivity (Wildman–Crippen MR) is 100 cm³/mol. The summed E-state index contributed by atoms with van der Waals surface area (Å²) in [5.74, 6) is 0.571. The summed E-state index contributed by atoms with van der Waals surface area (Å²) in [4.78, 5) is 12.6. The molecule has 0 bridgehead atoms. The van der Waals surface area contributed by atoms with Gasteiger partial charge in [0, 0.05) is 6.07 Å². The lowest BCUT2D eigenvalue weighted by Crippen LogP contribution is -2.25. The van der Waals surface area contributed by atoms with Crippen molar-refractivity contribution < 1.29 is 4.79 Å². The van der Waals surface area contributed by atoms with Crippen LogP contribution < -0.4 is 5.32 Å². The van der Waals surface area contributed by atoms with Gasteiger partial charge in [-0.3, -0.25) is 4.79 Å². The van der Waals surface area contributed by atoms with E-state index in [4.69, 9.17) is 0 Å². The molecular weight excluding hydrogens is 350 g/mol. The number of rotatable bonds is 7. The Kier molecular flexibility index (Phi) is 5.67. The molecule has 0 spiro atoms. The summed E-state index contributed by atoms with van der Waals surface area (Å²) in [6.45, 7) is 5.97. The summed E-state index contributed by atoms with van der Waals surface area (Å²) in [7, 11) is 0. The number of nitrogens with one attached hydrogen (secondary N) is 1. The minimum absolute atomic E-state index is 0.123. The molecule has 2 aromatic heterocycles. The summed E-state index contributed by atoms with van der Waals surface area (Å²) < 4.78 is 3.45. The van der Waals surface area contributed by atoms with Crippen molar-refractivity contribution >= 4 is 23.5 Å². The van der Waals surface area contributed by atoms with Crippen LogP contribution in [0.4, 0.5) is 5.82 Å². The Bertz CT molecular complexity index is 861. The van der Waals surface area contributed by atoms with Crippen molar-refractivity contribution in [2.24, 2.45) is 0 Å². The number of tetrazole rings is 1. The Morgan fingerprint density at radius 2 is 2.00 bits per heavy atom. The first-order chi connectivity index (χ1) is 12.6. The highest BCUT2D eigenvalue weighted by Gasteiger charge is 2.21. The molecule has 3 aromatic rings. The molecule has 2 atom stereocenters. The van der Waals surface area contributed by atoms with Gasteiger partial charge in [0.15, 0.2) is 0 Å². The van der Waals surface area contributed by atoms with Crippen molar-refractivity contribution in [3.8, 4) is 5.69 Å². The fourth-order valence-electron chi connectivity index (χ4n) is 2.36. The molecule has 0 fully saturated rings. The van der Waals surface area contributed by atoms with E-state index in [1.807, 2.05) is 41.9 Å². The van der Waals surface area contributed by atoms with Gasteiger partial charge in [0.05, 0.1) is 23.2 Å². The molecule has 0 saturated carbocycles. The Labute approximate surface area is 156 Å². The third-order valence-corrected chi connectivity index (χ3v) is 5.06. The molecule has 1 amide bonds. The molecular formula is C17H21N7OS. The number of hydrogen-bond acceptors (Lipinski definition) is 6. The van der Waals surface area contributed by atoms with Gasteiger partial charge in [0.1, 0.15) is 5.82 Å². The number of benzene rings is 1. The second-order valence-electron chi connectivity index (χ2n) is 5.88. The molecule has 1 N–H and O–H groups in total. The van der Waals surface area contributed by atoms with Crippen LogP contribution in [-0.2, 0) is 4.79 Å². The fourth-order valence-corrected chi connectivity index (χ4v) is 3.17. The zero-order valence-electron chi connectivity index (χ0n) is 14.9. The standard InChI is InChI=1S/C17H21N7OS/c1-4-12(2)23-15(10-11-18-23)19-16(25)13(3)26-17-20-21-22-24(17)14-8-6-5-7-9-14/h5-13H,4H2,1-3H3,(H,19,25)/t12-,13-/m0/s1. The quantitative estimate of drug-likeness (QED) is 0.642. The molecule has 136 valence electrons. The Morgan fingerprint density at radius 3 is 2.73 bits per heavy atom. The van der Waals surface area contributed by atoms with Gasteiger partial charge < -0.3 is 5.32 Å². The van der Waals surface area contributed by atoms with E-state index in [0.717, 1.165) is 12.1 Å². The van der Waals surface area contributed by atoms with Crippen LogP contribution >= 0.6 is 11.8 Å². The topological polar surface area (TPSA) is 90.5 Å². The average molecular weight is 371 g/mol. The molecule has 0 radical (unpaired) electrons. The molecule has 1 aromatic carbocycles. The molecule has 0 aliphatic heterocycles. The zero-order valence-corrected chi connectivity index (χ0v) is 15.7. The Morgan fingerprint density at radius 1 is 1.23 bits per heavy atom. The van der Waals surface area contributed by atoms with Crippen LogP contribution in [0, 0.1) is 0 Å². The van der Waals surface area contributed by atoms with Crippen LogP contribution in [0.2, 0.25) is 0 Å².